The second-order valence-electron chi connectivity index (χ2n) is 12.5. The number of likely N-dealkylation sites (tertiary alicyclic amines) is 1. The number of halogens is 3. The molecular formula is C32H34F3N7O5. The summed E-state index contributed by atoms with van der Waals surface area (Å²) in [6, 6.07) is 7.14. The average Bonchev–Trinajstić information content (AvgIpc) is 3.56. The molecule has 1 unspecified atom stereocenters. The minimum atomic E-state index is -2.76. The maximum Gasteiger partial charge on any atom is 0.265 e. The van der Waals surface area contributed by atoms with Crippen LogP contribution in [0.3, 0.4) is 0 Å². The van der Waals surface area contributed by atoms with Crippen molar-refractivity contribution in [3.63, 3.8) is 0 Å². The van der Waals surface area contributed by atoms with Crippen LogP contribution in [0.15, 0.2) is 36.5 Å². The molecule has 248 valence electrons. The van der Waals surface area contributed by atoms with Gasteiger partial charge in [-0.25, -0.2) is 13.2 Å². The van der Waals surface area contributed by atoms with E-state index in [0.29, 0.717) is 48.9 Å². The van der Waals surface area contributed by atoms with Crippen LogP contribution in [0.5, 0.6) is 0 Å². The number of piperidine rings is 1. The lowest BCUT2D eigenvalue weighted by Gasteiger charge is -2.48. The number of fused-ring (bicyclic) bond motifs is 2. The van der Waals surface area contributed by atoms with Crippen molar-refractivity contribution in [1.29, 1.82) is 0 Å². The Morgan fingerprint density at radius 1 is 1.06 bits per heavy atom. The number of nitrogens with zero attached hydrogens (tertiary/aromatic N) is 5. The van der Waals surface area contributed by atoms with E-state index in [0.717, 1.165) is 4.90 Å². The number of amides is 5. The summed E-state index contributed by atoms with van der Waals surface area (Å²) >= 11 is 0. The Balaban J connectivity index is 1.03. The van der Waals surface area contributed by atoms with Crippen LogP contribution in [0.4, 0.5) is 24.5 Å². The highest BCUT2D eigenvalue weighted by Gasteiger charge is 2.46. The van der Waals surface area contributed by atoms with Crippen molar-refractivity contribution in [3.05, 3.63) is 53.2 Å². The number of nitrogens with one attached hydrogen (secondary N) is 2. The first-order chi connectivity index (χ1) is 22.5. The molecule has 1 atom stereocenters. The summed E-state index contributed by atoms with van der Waals surface area (Å²) < 4.78 is 44.5. The second kappa shape index (κ2) is 12.8. The van der Waals surface area contributed by atoms with Gasteiger partial charge in [-0.2, -0.15) is 5.10 Å². The Bertz CT molecular complexity index is 1730. The molecule has 1 aromatic heterocycles. The third-order valence-corrected chi connectivity index (χ3v) is 9.25. The number of aromatic nitrogens is 2. The molecule has 2 aromatic carbocycles. The maximum atomic E-state index is 15.8. The molecule has 2 saturated heterocycles. The van der Waals surface area contributed by atoms with Gasteiger partial charge in [0.2, 0.25) is 18.7 Å². The van der Waals surface area contributed by atoms with Crippen molar-refractivity contribution in [2.45, 2.75) is 56.8 Å². The van der Waals surface area contributed by atoms with E-state index in [4.69, 9.17) is 0 Å². The molecule has 0 bridgehead atoms. The molecule has 3 aromatic rings. The molecule has 6 rings (SSSR count). The highest BCUT2D eigenvalue weighted by Crippen LogP contribution is 2.37. The van der Waals surface area contributed by atoms with E-state index in [1.54, 1.807) is 36.0 Å². The van der Waals surface area contributed by atoms with Crippen LogP contribution in [0.1, 0.15) is 71.4 Å². The minimum Gasteiger partial charge on any atom is -0.365 e. The van der Waals surface area contributed by atoms with Crippen LogP contribution in [-0.2, 0) is 14.4 Å². The van der Waals surface area contributed by atoms with Crippen molar-refractivity contribution in [2.24, 2.45) is 0 Å². The summed E-state index contributed by atoms with van der Waals surface area (Å²) in [7, 11) is 0. The summed E-state index contributed by atoms with van der Waals surface area (Å²) in [6.45, 7) is 3.43. The number of alkyl halides is 3. The number of benzene rings is 2. The zero-order chi connectivity index (χ0) is 33.5. The third kappa shape index (κ3) is 6.31. The number of hydrogen-bond donors (Lipinski definition) is 2. The molecule has 4 heterocycles. The molecule has 0 radical (unpaired) electrons. The predicted octanol–water partition coefficient (Wildman–Crippen LogP) is 3.44. The van der Waals surface area contributed by atoms with E-state index in [9.17, 15) is 32.8 Å². The fourth-order valence-corrected chi connectivity index (χ4v) is 6.78. The van der Waals surface area contributed by atoms with Crippen molar-refractivity contribution >= 4 is 52.8 Å². The van der Waals surface area contributed by atoms with Gasteiger partial charge in [-0.05, 0) is 56.5 Å². The van der Waals surface area contributed by atoms with Crippen molar-refractivity contribution in [2.75, 3.05) is 42.9 Å². The number of imide groups is 2. The van der Waals surface area contributed by atoms with Crippen LogP contribution in [0.2, 0.25) is 0 Å². The van der Waals surface area contributed by atoms with Gasteiger partial charge >= 0.3 is 0 Å². The lowest BCUT2D eigenvalue weighted by atomic mass is 9.92. The Morgan fingerprint density at radius 2 is 1.79 bits per heavy atom. The normalized spacial score (nSPS) is 18.7. The summed E-state index contributed by atoms with van der Waals surface area (Å²) in [4.78, 5) is 64.1. The fourth-order valence-electron chi connectivity index (χ4n) is 6.78. The van der Waals surface area contributed by atoms with E-state index in [1.807, 2.05) is 10.2 Å². The molecule has 0 aliphatic carbocycles. The van der Waals surface area contributed by atoms with Crippen LogP contribution in [0.25, 0.3) is 10.9 Å². The van der Waals surface area contributed by atoms with Crippen LogP contribution in [-0.4, -0.2) is 94.6 Å². The van der Waals surface area contributed by atoms with Gasteiger partial charge in [-0.15, -0.1) is 0 Å². The maximum absolute atomic E-state index is 15.8. The molecule has 47 heavy (non-hydrogen) atoms. The molecule has 5 amide bonds. The Kier molecular flexibility index (Phi) is 8.74. The second-order valence-corrected chi connectivity index (χ2v) is 12.5. The molecule has 2 N–H and O–H groups in total. The van der Waals surface area contributed by atoms with E-state index < -0.39 is 35.9 Å². The van der Waals surface area contributed by atoms with Crippen LogP contribution >= 0.6 is 0 Å². The van der Waals surface area contributed by atoms with E-state index in [1.165, 1.54) is 12.1 Å². The van der Waals surface area contributed by atoms with Gasteiger partial charge in [0.05, 0.1) is 41.5 Å². The first kappa shape index (κ1) is 32.2. The van der Waals surface area contributed by atoms with E-state index in [2.05, 4.69) is 15.3 Å². The number of carbonyl (C=O) groups excluding carboxylic acids is 5. The fraction of sp³-hybridized carbons (Fsp3) is 0.438. The van der Waals surface area contributed by atoms with Gasteiger partial charge in [-0.3, -0.25) is 43.8 Å². The first-order valence-corrected chi connectivity index (χ1v) is 15.4. The molecule has 3 aliphatic heterocycles. The van der Waals surface area contributed by atoms with Crippen molar-refractivity contribution in [3.8, 4) is 0 Å². The van der Waals surface area contributed by atoms with Gasteiger partial charge in [-0.1, -0.05) is 0 Å². The van der Waals surface area contributed by atoms with E-state index >= 15 is 4.39 Å². The number of carbonyl (C=O) groups is 5. The third-order valence-electron chi connectivity index (χ3n) is 9.25. The minimum absolute atomic E-state index is 0.0185. The molecule has 0 spiro atoms. The monoisotopic (exact) mass is 653 g/mol. The van der Waals surface area contributed by atoms with Crippen molar-refractivity contribution < 1.29 is 37.1 Å². The molecule has 12 nitrogen and oxygen atoms in total. The highest BCUT2D eigenvalue weighted by molar-refractivity contribution is 6.22. The summed E-state index contributed by atoms with van der Waals surface area (Å²) in [5, 5.41) is 9.52. The smallest absolute Gasteiger partial charge is 0.265 e. The standard InChI is InChI=1S/C32H34F3N7O5/c1-19(2-5-28(45)37-18-44)42-30(46)23-4-3-22(11-24(23)31(42)47)40-15-32(35,16-40)14-39-8-6-21(7-9-39)41-13-20-10-27(36-17-43)25(29(33)34)12-26(20)38-41/h3-4,10-13,17-19,21,29H,2,5-9,14-16H2,1H3,(H,36,43)(H,37,44,45). The SMILES string of the molecule is CC(CCC(=O)NC=O)N1C(=O)c2ccc(N3CC(F)(CN4CCC(n5cc6cc(NC=O)c(C(F)F)cc6n5)CC4)C3)cc2C1=O. The van der Waals surface area contributed by atoms with Gasteiger partial charge < -0.3 is 10.2 Å². The number of rotatable bonds is 12. The largest absolute Gasteiger partial charge is 0.365 e. The quantitative estimate of drug-likeness (QED) is 0.224. The van der Waals surface area contributed by atoms with Crippen LogP contribution in [0, 0.1) is 0 Å². The lowest BCUT2D eigenvalue weighted by Crippen LogP contribution is -2.64. The zero-order valence-corrected chi connectivity index (χ0v) is 25.6. The average molecular weight is 654 g/mol. The lowest BCUT2D eigenvalue weighted by molar-refractivity contribution is -0.125. The van der Waals surface area contributed by atoms with Gasteiger partial charge in [0.1, 0.15) is 0 Å². The first-order valence-electron chi connectivity index (χ1n) is 15.4. The zero-order valence-electron chi connectivity index (χ0n) is 25.6. The van der Waals surface area contributed by atoms with Crippen LogP contribution < -0.4 is 15.5 Å². The van der Waals surface area contributed by atoms with Gasteiger partial charge in [0.25, 0.3) is 18.2 Å². The molecule has 2 fully saturated rings. The number of hydrogen-bond acceptors (Lipinski definition) is 8. The molecule has 15 heteroatoms. The molecular weight excluding hydrogens is 619 g/mol. The predicted molar refractivity (Wildman–Crippen MR) is 165 cm³/mol. The van der Waals surface area contributed by atoms with Gasteiger partial charge in [0, 0.05) is 54.9 Å². The summed E-state index contributed by atoms with van der Waals surface area (Å²) in [6.07, 6.45) is 1.26. The van der Waals surface area contributed by atoms with Gasteiger partial charge in [0.15, 0.2) is 5.67 Å². The Morgan fingerprint density at radius 3 is 2.47 bits per heavy atom. The Hall–Kier alpha value is -4.79. The van der Waals surface area contributed by atoms with E-state index in [-0.39, 0.29) is 67.3 Å². The summed E-state index contributed by atoms with van der Waals surface area (Å²) in [5.41, 5.74) is -0.146. The Labute approximate surface area is 267 Å². The molecule has 0 saturated carbocycles. The molecule has 3 aliphatic rings. The number of anilines is 2. The van der Waals surface area contributed by atoms with Crippen molar-refractivity contribution in [1.82, 2.24) is 24.9 Å². The highest BCUT2D eigenvalue weighted by atomic mass is 19.3. The summed E-state index contributed by atoms with van der Waals surface area (Å²) in [5.74, 6) is -1.42. The topological polar surface area (TPSA) is 137 Å².